The van der Waals surface area contributed by atoms with Gasteiger partial charge in [-0.3, -0.25) is 0 Å². The maximum atomic E-state index is 2.38. The SMILES string of the molecule is C.C.C.C.C.C.C.C.C.C.C.C.C.C.CC(C(C)(C)C)C(C)(C)C.CC(C)(C)C(C)(C)C.CC(C)(C)C(C)(C)C.CC(C)(C)C(C)(C)C(C)(C)C.CC(C)C(C)(C)C(C)(C)C.CC(C)C(C)(C)C(C)C.CC(C)[C@@H](C)C(C)(C)C.CC1CCC(C)CC1.CC1CCCC[C@H]1C.CC1CCC[C@@H](C)C1.CCC(C)(C)C(C)(C)C.CCC(C)(C)C(C)C.CCC1CCCCC1.CC[C@@H](C)C(C)(C)C. The summed E-state index contributed by atoms with van der Waals surface area (Å²) < 4.78 is 0. The van der Waals surface area contributed by atoms with Crippen LogP contribution in [0.2, 0.25) is 0 Å². The van der Waals surface area contributed by atoms with E-state index in [0.717, 1.165) is 88.8 Å². The van der Waals surface area contributed by atoms with Gasteiger partial charge in [0, 0.05) is 0 Å². The van der Waals surface area contributed by atoms with E-state index in [2.05, 4.69) is 478 Å². The predicted molar refractivity (Wildman–Crippen MR) is 676 cm³/mol. The minimum Gasteiger partial charge on any atom is -0.0776 e. The highest BCUT2D eigenvalue weighted by molar-refractivity contribution is 4.92. The van der Waals surface area contributed by atoms with Crippen LogP contribution in [0.25, 0.3) is 0 Å². The van der Waals surface area contributed by atoms with Crippen LogP contribution in [-0.2, 0) is 0 Å². The Hall–Kier alpha value is 0. The molecule has 0 aromatic heterocycles. The highest BCUT2D eigenvalue weighted by Gasteiger charge is 2.43. The van der Waals surface area contributed by atoms with Crippen LogP contribution in [0, 0.1) is 181 Å². The fourth-order valence-electron chi connectivity index (χ4n) is 12.8. The molecule has 0 saturated heterocycles. The molecule has 4 aliphatic carbocycles. The average molecular weight is 1960 g/mol. The lowest BCUT2D eigenvalue weighted by molar-refractivity contribution is 0.00574. The third kappa shape index (κ3) is 98.7. The molecule has 0 heterocycles. The quantitative estimate of drug-likeness (QED) is 0.216. The van der Waals surface area contributed by atoms with Crippen molar-refractivity contribution >= 4 is 0 Å². The molecule has 0 aromatic carbocycles. The van der Waals surface area contributed by atoms with E-state index in [-0.39, 0.29) is 104 Å². The van der Waals surface area contributed by atoms with E-state index >= 15 is 0 Å². The molecule has 0 bridgehead atoms. The Balaban J connectivity index is -0.0000000448. The molecule has 864 valence electrons. The third-order valence-corrected chi connectivity index (χ3v) is 36.4. The van der Waals surface area contributed by atoms with Gasteiger partial charge in [0.05, 0.1) is 0 Å². The van der Waals surface area contributed by atoms with E-state index < -0.39 is 0 Å². The van der Waals surface area contributed by atoms with Crippen LogP contribution in [0.5, 0.6) is 0 Å². The zero-order valence-electron chi connectivity index (χ0n) is 101. The third-order valence-electron chi connectivity index (χ3n) is 36.4. The Bertz CT molecular complexity index is 2200. The summed E-state index contributed by atoms with van der Waals surface area (Å²) in [6.07, 6.45) is 30.5. The molecule has 4 aliphatic rings. The summed E-state index contributed by atoms with van der Waals surface area (Å²) in [5, 5.41) is 0. The zero-order valence-corrected chi connectivity index (χ0v) is 101. The summed E-state index contributed by atoms with van der Waals surface area (Å²) in [5.41, 5.74) is 7.58. The van der Waals surface area contributed by atoms with E-state index in [0.29, 0.717) is 92.1 Å². The normalized spacial score (nSPS) is 18.0. The highest BCUT2D eigenvalue weighted by Crippen LogP contribution is 2.51. The molecule has 136 heavy (non-hydrogen) atoms. The molecule has 2 unspecified atom stereocenters. The van der Waals surface area contributed by atoms with E-state index in [1.54, 1.807) is 0 Å². The summed E-state index contributed by atoms with van der Waals surface area (Å²) >= 11 is 0. The Labute approximate surface area is 891 Å². The second kappa shape index (κ2) is 85.9. The maximum absolute atomic E-state index is 2.38. The van der Waals surface area contributed by atoms with Crippen molar-refractivity contribution in [1.82, 2.24) is 0 Å². The first-order valence-electron chi connectivity index (χ1n) is 53.2. The largest absolute Gasteiger partial charge is 0.0776 e. The molecule has 0 heteroatoms. The van der Waals surface area contributed by atoms with Crippen molar-refractivity contribution in [3.05, 3.63) is 0 Å². The van der Waals surface area contributed by atoms with Crippen LogP contribution in [0.15, 0.2) is 0 Å². The standard InChI is InChI=1S/C11H24.2C10H22.3C9H20.4C8H16.4C8H18.14CH4/c1-9(2,3)11(7,8)10(4,5)6;1-8(9(2,3)4)10(5,6)7;1-8(2)10(6,7)9(3,4)5;1-7-9(5,6)8(2,3)4;1-7(2)8(3)9(4,5)6;1-7(2)9(5,6)8(3)4;1-7-3-5-8(2)6-4-7;1-7-4-3-5-8(2)6-7;1-7-5-3-4-6-8(7)2;1-2-8-6-4-3-5-7-8;2*1-7(2,3)8(4,5)6;1-6-7(2)8(3,4)5;1-6-8(4,5)7(2)3;;;;;;;;;;;;;;/h1-8H3;2*8H,1-7H3;7H2,1-6H3;2*7-8H,1-6H3;3*7-8H,3-6H2,1-2H3;8H,2-7H2,1H3;2*1-6H3;2*7H,6H2,1-5H3;14*1H4/t;;;;8-;;;2*7-,8?;;;;7-;;;;;;;;;;;;;;;/m....1..11...1.............../s1. The zero-order chi connectivity index (χ0) is 101. The van der Waals surface area contributed by atoms with Gasteiger partial charge < -0.3 is 0 Å². The molecule has 0 aliphatic heterocycles. The van der Waals surface area contributed by atoms with Gasteiger partial charge in [0.15, 0.2) is 0 Å². The summed E-state index contributed by atoms with van der Waals surface area (Å²) in [7, 11) is 0. The fourth-order valence-corrected chi connectivity index (χ4v) is 12.8. The Morgan fingerprint density at radius 1 is 0.235 bits per heavy atom. The number of hydrogen-bond donors (Lipinski definition) is 0. The lowest BCUT2D eigenvalue weighted by Gasteiger charge is -2.49. The molecule has 0 nitrogen and oxygen atoms in total. The second-order valence-corrected chi connectivity index (χ2v) is 58.8. The van der Waals surface area contributed by atoms with Crippen LogP contribution in [0.1, 0.15) is 717 Å². The van der Waals surface area contributed by atoms with Gasteiger partial charge in [0.2, 0.25) is 0 Å². The Morgan fingerprint density at radius 3 is 0.559 bits per heavy atom. The number of rotatable bonds is 9. The summed E-state index contributed by atoms with van der Waals surface area (Å²) in [6, 6.07) is 0. The summed E-state index contributed by atoms with van der Waals surface area (Å²) in [6.45, 7) is 159. The van der Waals surface area contributed by atoms with Crippen molar-refractivity contribution in [1.29, 1.82) is 0 Å². The molecule has 4 rings (SSSR count). The smallest absolute Gasteiger partial charge is 0.0257 e. The van der Waals surface area contributed by atoms with Crippen LogP contribution >= 0.6 is 0 Å². The van der Waals surface area contributed by atoms with Gasteiger partial charge in [-0.1, -0.05) is 710 Å². The molecular formula is C136H320. The van der Waals surface area contributed by atoms with Crippen LogP contribution < -0.4 is 0 Å². The molecular weight excluding hydrogens is 1630 g/mol. The van der Waals surface area contributed by atoms with E-state index in [9.17, 15) is 0 Å². The van der Waals surface area contributed by atoms with Gasteiger partial charge in [0.1, 0.15) is 0 Å². The monoisotopic (exact) mass is 1950 g/mol. The van der Waals surface area contributed by atoms with Crippen LogP contribution in [0.4, 0.5) is 0 Å². The predicted octanol–water partition coefficient (Wildman–Crippen LogP) is 54.3. The molecule has 4 saturated carbocycles. The van der Waals surface area contributed by atoms with Gasteiger partial charge in [-0.05, 0) is 187 Å². The number of hydrogen-bond acceptors (Lipinski definition) is 0. The molecule has 0 spiro atoms. The minimum absolute atomic E-state index is 0. The average Bonchev–Trinajstić information content (AvgIpc) is 0.787. The molecule has 0 amide bonds. The van der Waals surface area contributed by atoms with Gasteiger partial charge in [-0.15, -0.1) is 0 Å². The highest BCUT2D eigenvalue weighted by atomic mass is 14.5. The van der Waals surface area contributed by atoms with Gasteiger partial charge in [0.25, 0.3) is 0 Å². The van der Waals surface area contributed by atoms with Crippen molar-refractivity contribution in [3.63, 3.8) is 0 Å². The second-order valence-electron chi connectivity index (χ2n) is 58.8. The molecule has 0 aromatic rings. The van der Waals surface area contributed by atoms with Crippen molar-refractivity contribution in [2.75, 3.05) is 0 Å². The van der Waals surface area contributed by atoms with E-state index in [1.165, 1.54) is 135 Å². The first-order chi connectivity index (χ1) is 53.2. The summed E-state index contributed by atoms with van der Waals surface area (Å²) in [4.78, 5) is 0. The fraction of sp³-hybridized carbons (Fsp3) is 1.00. The first kappa shape index (κ1) is 198. The van der Waals surface area contributed by atoms with Crippen molar-refractivity contribution < 1.29 is 0 Å². The lowest BCUT2D eigenvalue weighted by atomic mass is 9.56. The minimum atomic E-state index is 0. The van der Waals surface area contributed by atoms with Gasteiger partial charge in [-0.2, -0.15) is 0 Å². The van der Waals surface area contributed by atoms with Gasteiger partial charge >= 0.3 is 0 Å². The summed E-state index contributed by atoms with van der Waals surface area (Å²) in [5.74, 6) is 13.5. The van der Waals surface area contributed by atoms with Crippen LogP contribution in [-0.4, -0.2) is 0 Å². The molecule has 0 radical (unpaired) electrons. The molecule has 0 N–H and O–H groups in total. The van der Waals surface area contributed by atoms with E-state index in [4.69, 9.17) is 0 Å². The van der Waals surface area contributed by atoms with Crippen LogP contribution in [0.3, 0.4) is 0 Å². The Morgan fingerprint density at radius 2 is 0.493 bits per heavy atom. The topological polar surface area (TPSA) is 0 Å². The van der Waals surface area contributed by atoms with Gasteiger partial charge in [-0.25, -0.2) is 0 Å². The Kier molecular flexibility index (Phi) is 125. The van der Waals surface area contributed by atoms with E-state index in [1.807, 2.05) is 0 Å². The first-order valence-corrected chi connectivity index (χ1v) is 53.2. The maximum Gasteiger partial charge on any atom is -0.0257 e. The molecule has 4 fully saturated rings. The van der Waals surface area contributed by atoms with Crippen molar-refractivity contribution in [3.8, 4) is 0 Å². The lowest BCUT2D eigenvalue weighted by Crippen LogP contribution is -2.41. The van der Waals surface area contributed by atoms with Crippen molar-refractivity contribution in [2.24, 2.45) is 181 Å². The molecule has 6 atom stereocenters. The van der Waals surface area contributed by atoms with Crippen molar-refractivity contribution in [2.45, 2.75) is 717 Å².